The van der Waals surface area contributed by atoms with Crippen molar-refractivity contribution in [2.45, 2.75) is 52.7 Å². The normalized spacial score (nSPS) is 23.6. The van der Waals surface area contributed by atoms with Crippen LogP contribution in [0.2, 0.25) is 0 Å². The van der Waals surface area contributed by atoms with Crippen molar-refractivity contribution in [1.29, 1.82) is 0 Å². The third-order valence-electron chi connectivity index (χ3n) is 2.73. The molecule has 4 nitrogen and oxygen atoms in total. The van der Waals surface area contributed by atoms with E-state index in [1.165, 1.54) is 0 Å². The third-order valence-corrected chi connectivity index (χ3v) is 2.73. The maximum atomic E-state index is 10.6. The van der Waals surface area contributed by atoms with Crippen LogP contribution >= 0.6 is 0 Å². The van der Waals surface area contributed by atoms with Gasteiger partial charge < -0.3 is 15.2 Å². The molecule has 1 amide bonds. The zero-order valence-corrected chi connectivity index (χ0v) is 10.6. The Hall–Kier alpha value is -0.770. The summed E-state index contributed by atoms with van der Waals surface area (Å²) in [7, 11) is 0. The zero-order valence-electron chi connectivity index (χ0n) is 10.6. The van der Waals surface area contributed by atoms with Crippen LogP contribution < -0.4 is 5.32 Å². The van der Waals surface area contributed by atoms with Crippen LogP contribution in [0.3, 0.4) is 0 Å². The molecule has 1 rings (SSSR count). The number of amides is 1. The van der Waals surface area contributed by atoms with E-state index in [-0.39, 0.29) is 17.6 Å². The quantitative estimate of drug-likeness (QED) is 0.712. The van der Waals surface area contributed by atoms with Gasteiger partial charge in [0.15, 0.2) is 0 Å². The van der Waals surface area contributed by atoms with E-state index in [0.29, 0.717) is 12.5 Å². The van der Waals surface area contributed by atoms with Gasteiger partial charge in [-0.25, -0.2) is 4.79 Å². The molecule has 3 atom stereocenters. The molecule has 1 aliphatic rings. The maximum Gasteiger partial charge on any atom is 0.404 e. The molecule has 1 fully saturated rings. The van der Waals surface area contributed by atoms with Crippen LogP contribution in [-0.4, -0.2) is 30.0 Å². The van der Waals surface area contributed by atoms with Gasteiger partial charge in [0, 0.05) is 0 Å². The number of carbonyl (C=O) groups is 1. The molecule has 0 aromatic heterocycles. The smallest absolute Gasteiger partial charge is 0.404 e. The minimum absolute atomic E-state index is 0.0464. The van der Waals surface area contributed by atoms with Crippen molar-refractivity contribution < 1.29 is 14.6 Å². The Bertz CT molecular complexity index is 243. The number of ether oxygens (including phenoxy) is 1. The lowest BCUT2D eigenvalue weighted by molar-refractivity contribution is 0.180. The Labute approximate surface area is 97.4 Å². The van der Waals surface area contributed by atoms with E-state index in [4.69, 9.17) is 9.84 Å². The van der Waals surface area contributed by atoms with Crippen molar-refractivity contribution in [1.82, 2.24) is 5.32 Å². The second-order valence-electron chi connectivity index (χ2n) is 6.03. The molecule has 0 aliphatic carbocycles. The first-order valence-electron chi connectivity index (χ1n) is 5.89. The first-order chi connectivity index (χ1) is 7.28. The number of nitrogens with one attached hydrogen (secondary N) is 1. The number of carboxylic acid groups (broad SMARTS) is 1. The Kier molecular flexibility index (Phi) is 4.19. The number of epoxide rings is 1. The predicted octanol–water partition coefficient (Wildman–Crippen LogP) is 2.48. The molecule has 0 aromatic rings. The van der Waals surface area contributed by atoms with Crippen molar-refractivity contribution in [3.63, 3.8) is 0 Å². The van der Waals surface area contributed by atoms with Gasteiger partial charge in [-0.1, -0.05) is 27.7 Å². The van der Waals surface area contributed by atoms with Gasteiger partial charge in [0.1, 0.15) is 6.10 Å². The third kappa shape index (κ3) is 5.35. The second-order valence-corrected chi connectivity index (χ2v) is 6.03. The van der Waals surface area contributed by atoms with Gasteiger partial charge in [0.2, 0.25) is 0 Å². The van der Waals surface area contributed by atoms with Crippen molar-refractivity contribution >= 4 is 6.09 Å². The lowest BCUT2D eigenvalue weighted by Gasteiger charge is -2.26. The van der Waals surface area contributed by atoms with Crippen LogP contribution in [-0.2, 0) is 4.74 Å². The highest BCUT2D eigenvalue weighted by atomic mass is 16.6. The minimum Gasteiger partial charge on any atom is -0.465 e. The Morgan fingerprint density at radius 1 is 1.56 bits per heavy atom. The van der Waals surface area contributed by atoms with Crippen LogP contribution in [0.1, 0.15) is 40.5 Å². The Morgan fingerprint density at radius 2 is 2.12 bits per heavy atom. The zero-order chi connectivity index (χ0) is 12.3. The summed E-state index contributed by atoms with van der Waals surface area (Å²) >= 11 is 0. The summed E-state index contributed by atoms with van der Waals surface area (Å²) in [5.74, 6) is 0.501. The van der Waals surface area contributed by atoms with Crippen molar-refractivity contribution in [3.05, 3.63) is 0 Å². The highest BCUT2D eigenvalue weighted by Gasteiger charge is 2.35. The van der Waals surface area contributed by atoms with Gasteiger partial charge >= 0.3 is 6.09 Å². The van der Waals surface area contributed by atoms with Crippen LogP contribution in [0.5, 0.6) is 0 Å². The van der Waals surface area contributed by atoms with Gasteiger partial charge in [-0.3, -0.25) is 0 Å². The molecule has 1 heterocycles. The van der Waals surface area contributed by atoms with Crippen LogP contribution in [0, 0.1) is 11.3 Å². The molecule has 0 radical (unpaired) electrons. The van der Waals surface area contributed by atoms with E-state index < -0.39 is 6.09 Å². The van der Waals surface area contributed by atoms with E-state index in [2.05, 4.69) is 33.0 Å². The average molecular weight is 229 g/mol. The second kappa shape index (κ2) is 5.04. The molecular weight excluding hydrogens is 206 g/mol. The van der Waals surface area contributed by atoms with E-state index in [1.807, 2.05) is 0 Å². The standard InChI is InChI=1S/C12H23NO3/c1-8(6-12(2,3)4)5-9(10-7-16-10)13-11(14)15/h8-10,13H,5-7H2,1-4H3,(H,14,15)/t8-,9?,10+/m0/s1. The largest absolute Gasteiger partial charge is 0.465 e. The molecule has 94 valence electrons. The SMILES string of the molecule is C[C@@H](CC(NC(=O)O)[C@H]1CO1)CC(C)(C)C. The lowest BCUT2D eigenvalue weighted by Crippen LogP contribution is -2.39. The fourth-order valence-corrected chi connectivity index (χ4v) is 2.31. The highest BCUT2D eigenvalue weighted by molar-refractivity contribution is 5.65. The lowest BCUT2D eigenvalue weighted by atomic mass is 9.82. The van der Waals surface area contributed by atoms with Crippen molar-refractivity contribution in [2.75, 3.05) is 6.61 Å². The molecule has 0 spiro atoms. The minimum atomic E-state index is -0.955. The predicted molar refractivity (Wildman–Crippen MR) is 62.5 cm³/mol. The first kappa shape index (κ1) is 13.3. The molecule has 1 unspecified atom stereocenters. The van der Waals surface area contributed by atoms with Gasteiger partial charge in [0.25, 0.3) is 0 Å². The van der Waals surface area contributed by atoms with E-state index in [0.717, 1.165) is 12.8 Å². The summed E-state index contributed by atoms with van der Waals surface area (Å²) in [6.07, 6.45) is 1.09. The molecule has 1 aliphatic heterocycles. The molecule has 0 bridgehead atoms. The summed E-state index contributed by atoms with van der Waals surface area (Å²) in [5.41, 5.74) is 0.289. The molecule has 1 saturated heterocycles. The molecule has 4 heteroatoms. The van der Waals surface area contributed by atoms with Gasteiger partial charge in [-0.2, -0.15) is 0 Å². The summed E-state index contributed by atoms with van der Waals surface area (Å²) in [4.78, 5) is 10.6. The van der Waals surface area contributed by atoms with Crippen LogP contribution in [0.25, 0.3) is 0 Å². The van der Waals surface area contributed by atoms with Crippen LogP contribution in [0.15, 0.2) is 0 Å². The molecule has 0 saturated carbocycles. The highest BCUT2D eigenvalue weighted by Crippen LogP contribution is 2.29. The van der Waals surface area contributed by atoms with Gasteiger partial charge in [-0.05, 0) is 24.2 Å². The summed E-state index contributed by atoms with van der Waals surface area (Å²) in [6.45, 7) is 9.47. The number of hydrogen-bond acceptors (Lipinski definition) is 2. The summed E-state index contributed by atoms with van der Waals surface area (Å²) in [5, 5.41) is 11.3. The van der Waals surface area contributed by atoms with E-state index >= 15 is 0 Å². The van der Waals surface area contributed by atoms with E-state index in [9.17, 15) is 4.79 Å². The summed E-state index contributed by atoms with van der Waals surface area (Å²) in [6, 6.07) is -0.0464. The Morgan fingerprint density at radius 3 is 2.50 bits per heavy atom. The molecule has 16 heavy (non-hydrogen) atoms. The van der Waals surface area contributed by atoms with Crippen molar-refractivity contribution in [3.8, 4) is 0 Å². The van der Waals surface area contributed by atoms with Crippen LogP contribution in [0.4, 0.5) is 4.79 Å². The van der Waals surface area contributed by atoms with Gasteiger partial charge in [-0.15, -0.1) is 0 Å². The fraction of sp³-hybridized carbons (Fsp3) is 0.917. The molecule has 2 N–H and O–H groups in total. The number of rotatable bonds is 5. The molecule has 0 aromatic carbocycles. The van der Waals surface area contributed by atoms with E-state index in [1.54, 1.807) is 0 Å². The molecular formula is C12H23NO3. The average Bonchev–Trinajstić information content (AvgIpc) is 2.78. The first-order valence-corrected chi connectivity index (χ1v) is 5.89. The maximum absolute atomic E-state index is 10.6. The number of hydrogen-bond donors (Lipinski definition) is 2. The van der Waals surface area contributed by atoms with Crippen molar-refractivity contribution in [2.24, 2.45) is 11.3 Å². The monoisotopic (exact) mass is 229 g/mol. The Balaban J connectivity index is 2.38. The fourth-order valence-electron chi connectivity index (χ4n) is 2.31. The van der Waals surface area contributed by atoms with Gasteiger partial charge in [0.05, 0.1) is 12.6 Å². The topological polar surface area (TPSA) is 61.9 Å². The summed E-state index contributed by atoms with van der Waals surface area (Å²) < 4.78 is 5.18.